The third-order valence-corrected chi connectivity index (χ3v) is 3.08. The van der Waals surface area contributed by atoms with E-state index in [9.17, 15) is 5.11 Å². The normalized spacial score (nSPS) is 35.3. The monoisotopic (exact) mass is 176 g/mol. The summed E-state index contributed by atoms with van der Waals surface area (Å²) in [6.45, 7) is 0. The molecular weight excluding hydrogens is 164 g/mol. The average Bonchev–Trinajstić information content (AvgIpc) is 2.60. The maximum absolute atomic E-state index is 9.48. The van der Waals surface area contributed by atoms with Crippen molar-refractivity contribution in [3.63, 3.8) is 0 Å². The van der Waals surface area contributed by atoms with Crippen molar-refractivity contribution in [2.45, 2.75) is 31.0 Å². The van der Waals surface area contributed by atoms with Crippen LogP contribution >= 0.6 is 0 Å². The van der Waals surface area contributed by atoms with Gasteiger partial charge in [0.1, 0.15) is 11.9 Å². The lowest BCUT2D eigenvalue weighted by Gasteiger charge is -2.06. The lowest BCUT2D eigenvalue weighted by atomic mass is 9.98. The highest BCUT2D eigenvalue weighted by Crippen LogP contribution is 2.46. The predicted octanol–water partition coefficient (Wildman–Crippen LogP) is 1.69. The van der Waals surface area contributed by atoms with Crippen LogP contribution < -0.4 is 4.74 Å². The van der Waals surface area contributed by atoms with Crippen molar-refractivity contribution in [1.29, 1.82) is 0 Å². The van der Waals surface area contributed by atoms with Gasteiger partial charge >= 0.3 is 0 Å². The minimum atomic E-state index is -0.164. The number of hydrogen-bond donors (Lipinski definition) is 1. The molecular formula is C11H12O2. The van der Waals surface area contributed by atoms with Crippen LogP contribution in [0.15, 0.2) is 24.3 Å². The standard InChI is InChI=1S/C11H12O2/c12-7-5-9-8-3-1-2-4-10(8)13-11(9)6-7/h1-4,7,9,11-12H,5-6H2. The van der Waals surface area contributed by atoms with E-state index in [1.54, 1.807) is 0 Å². The van der Waals surface area contributed by atoms with Gasteiger partial charge in [0.25, 0.3) is 0 Å². The summed E-state index contributed by atoms with van der Waals surface area (Å²) in [5, 5.41) is 9.48. The Labute approximate surface area is 77.2 Å². The third kappa shape index (κ3) is 0.985. The lowest BCUT2D eigenvalue weighted by Crippen LogP contribution is -2.12. The molecule has 1 heterocycles. The highest BCUT2D eigenvalue weighted by atomic mass is 16.5. The molecule has 0 amide bonds. The first-order valence-electron chi connectivity index (χ1n) is 4.78. The van der Waals surface area contributed by atoms with E-state index in [0.717, 1.165) is 18.6 Å². The predicted molar refractivity (Wildman–Crippen MR) is 48.8 cm³/mol. The smallest absolute Gasteiger partial charge is 0.123 e. The highest BCUT2D eigenvalue weighted by Gasteiger charge is 2.41. The second kappa shape index (κ2) is 2.48. The van der Waals surface area contributed by atoms with Crippen LogP contribution in [0.2, 0.25) is 0 Å². The van der Waals surface area contributed by atoms with Crippen molar-refractivity contribution in [2.24, 2.45) is 0 Å². The molecule has 0 saturated heterocycles. The molecule has 2 aliphatic rings. The molecule has 1 aromatic carbocycles. The minimum absolute atomic E-state index is 0.164. The summed E-state index contributed by atoms with van der Waals surface area (Å²) < 4.78 is 5.74. The van der Waals surface area contributed by atoms with Crippen molar-refractivity contribution in [3.8, 4) is 5.75 Å². The van der Waals surface area contributed by atoms with Gasteiger partial charge < -0.3 is 9.84 Å². The summed E-state index contributed by atoms with van der Waals surface area (Å²) in [5.41, 5.74) is 1.28. The summed E-state index contributed by atoms with van der Waals surface area (Å²) >= 11 is 0. The second-order valence-electron chi connectivity index (χ2n) is 3.93. The van der Waals surface area contributed by atoms with Crippen molar-refractivity contribution < 1.29 is 9.84 Å². The number of aliphatic hydroxyl groups excluding tert-OH is 1. The van der Waals surface area contributed by atoms with Crippen LogP contribution in [0.5, 0.6) is 5.75 Å². The molecule has 3 unspecified atom stereocenters. The zero-order chi connectivity index (χ0) is 8.84. The van der Waals surface area contributed by atoms with E-state index in [2.05, 4.69) is 6.07 Å². The van der Waals surface area contributed by atoms with Gasteiger partial charge in [-0.3, -0.25) is 0 Å². The van der Waals surface area contributed by atoms with Gasteiger partial charge in [-0.15, -0.1) is 0 Å². The molecule has 0 radical (unpaired) electrons. The van der Waals surface area contributed by atoms with Gasteiger partial charge in [-0.2, -0.15) is 0 Å². The molecule has 0 aromatic heterocycles. The average molecular weight is 176 g/mol. The fourth-order valence-electron chi connectivity index (χ4n) is 2.49. The molecule has 68 valence electrons. The number of rotatable bonds is 0. The summed E-state index contributed by atoms with van der Waals surface area (Å²) in [6.07, 6.45) is 1.72. The van der Waals surface area contributed by atoms with Crippen LogP contribution in [0.1, 0.15) is 24.3 Å². The highest BCUT2D eigenvalue weighted by molar-refractivity contribution is 5.42. The van der Waals surface area contributed by atoms with Crippen LogP contribution in [0.3, 0.4) is 0 Å². The fraction of sp³-hybridized carbons (Fsp3) is 0.455. The molecule has 1 aromatic rings. The molecule has 3 atom stereocenters. The summed E-state index contributed by atoms with van der Waals surface area (Å²) in [7, 11) is 0. The van der Waals surface area contributed by atoms with E-state index in [4.69, 9.17) is 4.74 Å². The summed E-state index contributed by atoms with van der Waals surface area (Å²) in [4.78, 5) is 0. The Hall–Kier alpha value is -1.02. The maximum Gasteiger partial charge on any atom is 0.123 e. The Balaban J connectivity index is 2.02. The number of hydrogen-bond acceptors (Lipinski definition) is 2. The Kier molecular flexibility index (Phi) is 1.41. The van der Waals surface area contributed by atoms with Crippen molar-refractivity contribution >= 4 is 0 Å². The van der Waals surface area contributed by atoms with E-state index in [1.807, 2.05) is 18.2 Å². The molecule has 2 heteroatoms. The van der Waals surface area contributed by atoms with Crippen LogP contribution in [-0.4, -0.2) is 17.3 Å². The number of ether oxygens (including phenoxy) is 1. The number of aliphatic hydroxyl groups is 1. The molecule has 2 nitrogen and oxygen atoms in total. The summed E-state index contributed by atoms with van der Waals surface area (Å²) in [6, 6.07) is 8.16. The molecule has 13 heavy (non-hydrogen) atoms. The van der Waals surface area contributed by atoms with Crippen molar-refractivity contribution in [3.05, 3.63) is 29.8 Å². The zero-order valence-corrected chi connectivity index (χ0v) is 7.31. The molecule has 1 fully saturated rings. The topological polar surface area (TPSA) is 29.5 Å². The van der Waals surface area contributed by atoms with E-state index >= 15 is 0 Å². The minimum Gasteiger partial charge on any atom is -0.489 e. The van der Waals surface area contributed by atoms with E-state index in [-0.39, 0.29) is 12.2 Å². The van der Waals surface area contributed by atoms with Crippen LogP contribution in [0, 0.1) is 0 Å². The first-order valence-corrected chi connectivity index (χ1v) is 4.78. The quantitative estimate of drug-likeness (QED) is 0.651. The Bertz CT molecular complexity index is 335. The molecule has 1 N–H and O–H groups in total. The molecule has 0 bridgehead atoms. The van der Waals surface area contributed by atoms with Crippen LogP contribution in [-0.2, 0) is 0 Å². The van der Waals surface area contributed by atoms with Crippen LogP contribution in [0.4, 0.5) is 0 Å². The first-order chi connectivity index (χ1) is 6.34. The SMILES string of the molecule is OC1CC2Oc3ccccc3C2C1. The lowest BCUT2D eigenvalue weighted by molar-refractivity contribution is 0.153. The Morgan fingerprint density at radius 2 is 2.08 bits per heavy atom. The molecule has 3 rings (SSSR count). The fourth-order valence-corrected chi connectivity index (χ4v) is 2.49. The van der Waals surface area contributed by atoms with Gasteiger partial charge in [0.2, 0.25) is 0 Å². The first kappa shape index (κ1) is 7.39. The van der Waals surface area contributed by atoms with Gasteiger partial charge in [0.15, 0.2) is 0 Å². The van der Waals surface area contributed by atoms with Crippen LogP contribution in [0.25, 0.3) is 0 Å². The molecule has 1 saturated carbocycles. The molecule has 1 aliphatic carbocycles. The molecule has 0 spiro atoms. The zero-order valence-electron chi connectivity index (χ0n) is 7.31. The van der Waals surface area contributed by atoms with Crippen molar-refractivity contribution in [2.75, 3.05) is 0 Å². The van der Waals surface area contributed by atoms with Gasteiger partial charge in [0, 0.05) is 17.9 Å². The molecule has 1 aliphatic heterocycles. The van der Waals surface area contributed by atoms with Gasteiger partial charge in [-0.05, 0) is 12.5 Å². The maximum atomic E-state index is 9.48. The van der Waals surface area contributed by atoms with E-state index in [1.165, 1.54) is 5.56 Å². The summed E-state index contributed by atoms with van der Waals surface area (Å²) in [5.74, 6) is 1.45. The van der Waals surface area contributed by atoms with Gasteiger partial charge in [0.05, 0.1) is 6.10 Å². The van der Waals surface area contributed by atoms with Gasteiger partial charge in [-0.25, -0.2) is 0 Å². The van der Waals surface area contributed by atoms with Crippen molar-refractivity contribution in [1.82, 2.24) is 0 Å². The number of para-hydroxylation sites is 1. The third-order valence-electron chi connectivity index (χ3n) is 3.08. The van der Waals surface area contributed by atoms with E-state index in [0.29, 0.717) is 5.92 Å². The Morgan fingerprint density at radius 3 is 3.00 bits per heavy atom. The largest absolute Gasteiger partial charge is 0.489 e. The Morgan fingerprint density at radius 1 is 1.23 bits per heavy atom. The second-order valence-corrected chi connectivity index (χ2v) is 3.93. The van der Waals surface area contributed by atoms with Gasteiger partial charge in [-0.1, -0.05) is 18.2 Å². The number of fused-ring (bicyclic) bond motifs is 3. The number of benzene rings is 1. The van der Waals surface area contributed by atoms with E-state index < -0.39 is 0 Å².